The highest BCUT2D eigenvalue weighted by molar-refractivity contribution is 5.91. The van der Waals surface area contributed by atoms with Gasteiger partial charge in [0.2, 0.25) is 5.91 Å². The van der Waals surface area contributed by atoms with Gasteiger partial charge < -0.3 is 19.4 Å². The number of anilines is 1. The molecule has 0 fully saturated rings. The molecule has 0 unspecified atom stereocenters. The Morgan fingerprint density at radius 3 is 2.48 bits per heavy atom. The number of nitrogens with one attached hydrogen (secondary N) is 1. The van der Waals surface area contributed by atoms with Gasteiger partial charge in [0, 0.05) is 30.1 Å². The number of hydrogen-bond donors (Lipinski definition) is 1. The molecule has 0 saturated heterocycles. The first-order valence-corrected chi connectivity index (χ1v) is 6.29. The lowest BCUT2D eigenvalue weighted by molar-refractivity contribution is -0.116. The number of benzene rings is 1. The Labute approximate surface area is 122 Å². The highest BCUT2D eigenvalue weighted by Gasteiger charge is 2.08. The van der Waals surface area contributed by atoms with Crippen LogP contribution in [-0.4, -0.2) is 31.0 Å². The molecule has 0 radical (unpaired) electrons. The lowest BCUT2D eigenvalue weighted by atomic mass is 10.2. The SMILES string of the molecule is COc1cc(NC(=O)Cn2cccc2C=O)cc(OC)c1. The van der Waals surface area contributed by atoms with E-state index in [0.717, 1.165) is 0 Å². The predicted octanol–water partition coefficient (Wildman–Crippen LogP) is 1.96. The van der Waals surface area contributed by atoms with Crippen LogP contribution in [0.1, 0.15) is 10.5 Å². The summed E-state index contributed by atoms with van der Waals surface area (Å²) in [5.74, 6) is 0.919. The number of ether oxygens (including phenoxy) is 2. The Bertz CT molecular complexity index is 627. The van der Waals surface area contributed by atoms with E-state index in [-0.39, 0.29) is 12.5 Å². The van der Waals surface area contributed by atoms with Crippen molar-refractivity contribution < 1.29 is 19.1 Å². The molecule has 0 aliphatic heterocycles. The van der Waals surface area contributed by atoms with Crippen molar-refractivity contribution in [1.82, 2.24) is 4.57 Å². The summed E-state index contributed by atoms with van der Waals surface area (Å²) in [5.41, 5.74) is 1.02. The summed E-state index contributed by atoms with van der Waals surface area (Å²) < 4.78 is 11.8. The maximum Gasteiger partial charge on any atom is 0.244 e. The van der Waals surface area contributed by atoms with E-state index in [1.165, 1.54) is 14.2 Å². The fourth-order valence-corrected chi connectivity index (χ4v) is 1.91. The molecule has 0 aliphatic rings. The number of hydrogen-bond acceptors (Lipinski definition) is 4. The number of nitrogens with zero attached hydrogens (tertiary/aromatic N) is 1. The normalized spacial score (nSPS) is 10.0. The van der Waals surface area contributed by atoms with Crippen LogP contribution in [0.25, 0.3) is 0 Å². The van der Waals surface area contributed by atoms with Gasteiger partial charge in [-0.3, -0.25) is 9.59 Å². The monoisotopic (exact) mass is 288 g/mol. The molecule has 110 valence electrons. The predicted molar refractivity (Wildman–Crippen MR) is 78.0 cm³/mol. The van der Waals surface area contributed by atoms with Crippen LogP contribution in [-0.2, 0) is 11.3 Å². The summed E-state index contributed by atoms with van der Waals surface area (Å²) in [6.45, 7) is 0.0561. The van der Waals surface area contributed by atoms with E-state index in [1.54, 1.807) is 41.1 Å². The van der Waals surface area contributed by atoms with E-state index in [2.05, 4.69) is 5.32 Å². The van der Waals surface area contributed by atoms with Crippen LogP contribution >= 0.6 is 0 Å². The molecule has 1 aromatic heterocycles. The zero-order chi connectivity index (χ0) is 15.2. The summed E-state index contributed by atoms with van der Waals surface area (Å²) in [4.78, 5) is 22.8. The molecule has 0 saturated carbocycles. The molecule has 0 aliphatic carbocycles. The van der Waals surface area contributed by atoms with Crippen LogP contribution in [0.5, 0.6) is 11.5 Å². The summed E-state index contributed by atoms with van der Waals surface area (Å²) in [6.07, 6.45) is 2.39. The molecule has 6 nitrogen and oxygen atoms in total. The average molecular weight is 288 g/mol. The van der Waals surface area contributed by atoms with Crippen molar-refractivity contribution in [3.63, 3.8) is 0 Å². The first-order chi connectivity index (χ1) is 10.2. The molecular formula is C15H16N2O4. The number of rotatable bonds is 6. The van der Waals surface area contributed by atoms with E-state index in [9.17, 15) is 9.59 Å². The van der Waals surface area contributed by atoms with Gasteiger partial charge in [-0.15, -0.1) is 0 Å². The highest BCUT2D eigenvalue weighted by Crippen LogP contribution is 2.25. The van der Waals surface area contributed by atoms with E-state index in [4.69, 9.17) is 9.47 Å². The van der Waals surface area contributed by atoms with Gasteiger partial charge in [-0.2, -0.15) is 0 Å². The van der Waals surface area contributed by atoms with Crippen LogP contribution < -0.4 is 14.8 Å². The van der Waals surface area contributed by atoms with Gasteiger partial charge in [0.1, 0.15) is 18.0 Å². The Hall–Kier alpha value is -2.76. The maximum absolute atomic E-state index is 12.0. The smallest absolute Gasteiger partial charge is 0.244 e. The molecule has 2 rings (SSSR count). The minimum atomic E-state index is -0.246. The Morgan fingerprint density at radius 1 is 1.24 bits per heavy atom. The largest absolute Gasteiger partial charge is 0.497 e. The van der Waals surface area contributed by atoms with E-state index in [0.29, 0.717) is 29.2 Å². The minimum absolute atomic E-state index is 0.0561. The lowest BCUT2D eigenvalue weighted by Gasteiger charge is -2.10. The fourth-order valence-electron chi connectivity index (χ4n) is 1.91. The first kappa shape index (κ1) is 14.6. The second kappa shape index (κ2) is 6.60. The van der Waals surface area contributed by atoms with Crippen molar-refractivity contribution in [1.29, 1.82) is 0 Å². The van der Waals surface area contributed by atoms with Crippen molar-refractivity contribution in [3.05, 3.63) is 42.2 Å². The number of amides is 1. The molecule has 1 heterocycles. The zero-order valence-electron chi connectivity index (χ0n) is 11.8. The van der Waals surface area contributed by atoms with E-state index >= 15 is 0 Å². The molecule has 0 spiro atoms. The van der Waals surface area contributed by atoms with Gasteiger partial charge >= 0.3 is 0 Å². The van der Waals surface area contributed by atoms with Crippen LogP contribution in [0.15, 0.2) is 36.5 Å². The second-order valence-corrected chi connectivity index (χ2v) is 4.33. The number of methoxy groups -OCH3 is 2. The molecule has 1 aromatic carbocycles. The number of carbonyl (C=O) groups excluding carboxylic acids is 2. The standard InChI is InChI=1S/C15H16N2O4/c1-20-13-6-11(7-14(8-13)21-2)16-15(19)9-17-5-3-4-12(17)10-18/h3-8,10H,9H2,1-2H3,(H,16,19). The summed E-state index contributed by atoms with van der Waals surface area (Å²) in [5, 5.41) is 2.75. The van der Waals surface area contributed by atoms with Gasteiger partial charge in [-0.1, -0.05) is 0 Å². The van der Waals surface area contributed by atoms with Crippen LogP contribution in [0.2, 0.25) is 0 Å². The number of carbonyl (C=O) groups is 2. The molecule has 21 heavy (non-hydrogen) atoms. The number of aldehydes is 1. The molecule has 2 aromatic rings. The fraction of sp³-hybridized carbons (Fsp3) is 0.200. The van der Waals surface area contributed by atoms with E-state index < -0.39 is 0 Å². The molecule has 1 N–H and O–H groups in total. The third kappa shape index (κ3) is 3.62. The third-order valence-corrected chi connectivity index (χ3v) is 2.93. The second-order valence-electron chi connectivity index (χ2n) is 4.33. The van der Waals surface area contributed by atoms with Crippen molar-refractivity contribution in [2.75, 3.05) is 19.5 Å². The minimum Gasteiger partial charge on any atom is -0.497 e. The lowest BCUT2D eigenvalue weighted by Crippen LogP contribution is -2.19. The van der Waals surface area contributed by atoms with Crippen molar-refractivity contribution in [2.45, 2.75) is 6.54 Å². The first-order valence-electron chi connectivity index (χ1n) is 6.29. The van der Waals surface area contributed by atoms with Crippen molar-refractivity contribution in [2.24, 2.45) is 0 Å². The van der Waals surface area contributed by atoms with Gasteiger partial charge in [0.25, 0.3) is 0 Å². The van der Waals surface area contributed by atoms with Crippen LogP contribution in [0, 0.1) is 0 Å². The van der Waals surface area contributed by atoms with Gasteiger partial charge in [0.05, 0.1) is 19.9 Å². The topological polar surface area (TPSA) is 69.6 Å². The summed E-state index contributed by atoms with van der Waals surface area (Å²) in [6, 6.07) is 8.46. The third-order valence-electron chi connectivity index (χ3n) is 2.93. The van der Waals surface area contributed by atoms with Crippen LogP contribution in [0.4, 0.5) is 5.69 Å². The molecule has 1 amide bonds. The van der Waals surface area contributed by atoms with Crippen LogP contribution in [0.3, 0.4) is 0 Å². The molecule has 0 atom stereocenters. The zero-order valence-corrected chi connectivity index (χ0v) is 11.8. The summed E-state index contributed by atoms with van der Waals surface area (Å²) in [7, 11) is 3.08. The Kier molecular flexibility index (Phi) is 4.61. The summed E-state index contributed by atoms with van der Waals surface area (Å²) >= 11 is 0. The highest BCUT2D eigenvalue weighted by atomic mass is 16.5. The van der Waals surface area contributed by atoms with Gasteiger partial charge in [-0.25, -0.2) is 0 Å². The van der Waals surface area contributed by atoms with Gasteiger partial charge in [-0.05, 0) is 12.1 Å². The molecular weight excluding hydrogens is 272 g/mol. The maximum atomic E-state index is 12.0. The number of aromatic nitrogens is 1. The quantitative estimate of drug-likeness (QED) is 0.825. The Balaban J connectivity index is 2.10. The van der Waals surface area contributed by atoms with Gasteiger partial charge in [0.15, 0.2) is 6.29 Å². The Morgan fingerprint density at radius 2 is 1.90 bits per heavy atom. The van der Waals surface area contributed by atoms with Crippen molar-refractivity contribution >= 4 is 17.9 Å². The molecule has 6 heteroatoms. The average Bonchev–Trinajstić information content (AvgIpc) is 2.93. The van der Waals surface area contributed by atoms with E-state index in [1.807, 2.05) is 0 Å². The van der Waals surface area contributed by atoms with Crippen molar-refractivity contribution in [3.8, 4) is 11.5 Å². The molecule has 0 bridgehead atoms.